The van der Waals surface area contributed by atoms with Crippen LogP contribution in [0.2, 0.25) is 0 Å². The van der Waals surface area contributed by atoms with E-state index < -0.39 is 10.0 Å². The molecule has 0 aliphatic carbocycles. The van der Waals surface area contributed by atoms with E-state index in [0.717, 1.165) is 11.1 Å². The summed E-state index contributed by atoms with van der Waals surface area (Å²) in [6.07, 6.45) is 0. The van der Waals surface area contributed by atoms with E-state index in [-0.39, 0.29) is 17.2 Å². The Morgan fingerprint density at radius 2 is 2.00 bits per heavy atom. The Kier molecular flexibility index (Phi) is 5.97. The highest BCUT2D eigenvalue weighted by Crippen LogP contribution is 2.19. The minimum absolute atomic E-state index is 0.0943. The van der Waals surface area contributed by atoms with Gasteiger partial charge in [-0.2, -0.15) is 0 Å². The molecule has 116 valence electrons. The maximum absolute atomic E-state index is 12.1. The molecule has 1 aromatic carbocycles. The summed E-state index contributed by atoms with van der Waals surface area (Å²) >= 11 is 0. The minimum Gasteiger partial charge on any atom is -0.320 e. The second-order valence-corrected chi connectivity index (χ2v) is 8.04. The van der Waals surface area contributed by atoms with Crippen molar-refractivity contribution in [3.63, 3.8) is 0 Å². The molecule has 1 unspecified atom stereocenters. The van der Waals surface area contributed by atoms with Gasteiger partial charge in [0.25, 0.3) is 0 Å². The molecule has 0 aromatic heterocycles. The molecule has 1 rings (SSSR count). The van der Waals surface area contributed by atoms with Crippen LogP contribution in [-0.2, 0) is 10.0 Å². The quantitative estimate of drug-likeness (QED) is 0.836. The van der Waals surface area contributed by atoms with E-state index in [4.69, 9.17) is 5.73 Å². The van der Waals surface area contributed by atoms with Crippen LogP contribution in [0.25, 0.3) is 0 Å². The van der Waals surface area contributed by atoms with Gasteiger partial charge in [-0.15, -0.1) is 0 Å². The average Bonchev–Trinajstić information content (AvgIpc) is 2.33. The summed E-state index contributed by atoms with van der Waals surface area (Å²) in [6, 6.07) is 7.22. The van der Waals surface area contributed by atoms with Crippen LogP contribution in [0.1, 0.15) is 44.9 Å². The maximum Gasteiger partial charge on any atom is 0.212 e. The first-order chi connectivity index (χ1) is 9.63. The van der Waals surface area contributed by atoms with E-state index in [0.29, 0.717) is 6.54 Å². The Bertz CT molecular complexity index is 634. The highest BCUT2D eigenvalue weighted by molar-refractivity contribution is 7.89. The molecule has 0 saturated heterocycles. The predicted octanol–water partition coefficient (Wildman–Crippen LogP) is 2.02. The van der Waals surface area contributed by atoms with Gasteiger partial charge in [-0.05, 0) is 30.0 Å². The van der Waals surface area contributed by atoms with Crippen LogP contribution >= 0.6 is 0 Å². The summed E-state index contributed by atoms with van der Waals surface area (Å²) in [6.45, 7) is 7.84. The number of benzene rings is 1. The number of nitrogens with one attached hydrogen (secondary N) is 1. The zero-order valence-electron chi connectivity index (χ0n) is 13.1. The molecule has 0 bridgehead atoms. The van der Waals surface area contributed by atoms with Crippen LogP contribution in [0, 0.1) is 17.3 Å². The Hall–Kier alpha value is -1.35. The molecular weight excluding hydrogens is 284 g/mol. The first-order valence-electron chi connectivity index (χ1n) is 6.92. The smallest absolute Gasteiger partial charge is 0.212 e. The lowest BCUT2D eigenvalue weighted by Crippen LogP contribution is -2.34. The Morgan fingerprint density at radius 3 is 2.57 bits per heavy atom. The third kappa shape index (κ3) is 6.76. The van der Waals surface area contributed by atoms with Gasteiger partial charge in [0.2, 0.25) is 10.0 Å². The van der Waals surface area contributed by atoms with E-state index in [2.05, 4.69) is 16.6 Å². The van der Waals surface area contributed by atoms with E-state index in [1.807, 2.05) is 52.0 Å². The van der Waals surface area contributed by atoms with Crippen molar-refractivity contribution in [2.24, 2.45) is 11.1 Å². The van der Waals surface area contributed by atoms with Crippen LogP contribution in [0.15, 0.2) is 24.3 Å². The first kappa shape index (κ1) is 17.7. The predicted molar refractivity (Wildman–Crippen MR) is 87.2 cm³/mol. The molecule has 0 aliphatic heterocycles. The monoisotopic (exact) mass is 308 g/mol. The molecule has 4 nitrogen and oxygen atoms in total. The van der Waals surface area contributed by atoms with Crippen LogP contribution in [0.4, 0.5) is 0 Å². The molecule has 21 heavy (non-hydrogen) atoms. The van der Waals surface area contributed by atoms with Gasteiger partial charge in [-0.25, -0.2) is 13.1 Å². The van der Waals surface area contributed by atoms with Gasteiger partial charge in [0.1, 0.15) is 0 Å². The van der Waals surface area contributed by atoms with Crippen LogP contribution in [0.5, 0.6) is 0 Å². The fourth-order valence-electron chi connectivity index (χ4n) is 1.99. The highest BCUT2D eigenvalue weighted by atomic mass is 32.2. The molecule has 0 saturated carbocycles. The molecule has 0 amide bonds. The molecule has 1 atom stereocenters. The summed E-state index contributed by atoms with van der Waals surface area (Å²) in [5, 5.41) is 0. The van der Waals surface area contributed by atoms with Gasteiger partial charge in [-0.3, -0.25) is 0 Å². The molecular formula is C16H24N2O2S. The Balaban J connectivity index is 2.87. The first-order valence-corrected chi connectivity index (χ1v) is 8.57. The van der Waals surface area contributed by atoms with Crippen molar-refractivity contribution in [3.8, 4) is 11.8 Å². The van der Waals surface area contributed by atoms with Crippen molar-refractivity contribution in [1.82, 2.24) is 4.72 Å². The number of rotatable bonds is 4. The Morgan fingerprint density at radius 1 is 1.33 bits per heavy atom. The number of hydrogen-bond acceptors (Lipinski definition) is 3. The second kappa shape index (κ2) is 7.08. The zero-order chi connectivity index (χ0) is 16.1. The van der Waals surface area contributed by atoms with Gasteiger partial charge in [0.05, 0.1) is 12.3 Å². The molecule has 0 radical (unpaired) electrons. The van der Waals surface area contributed by atoms with Crippen molar-refractivity contribution in [3.05, 3.63) is 35.4 Å². The molecule has 0 spiro atoms. The summed E-state index contributed by atoms with van der Waals surface area (Å²) in [7, 11) is -3.32. The van der Waals surface area contributed by atoms with Crippen molar-refractivity contribution in [2.45, 2.75) is 33.7 Å². The summed E-state index contributed by atoms with van der Waals surface area (Å²) < 4.78 is 27.0. The zero-order valence-corrected chi connectivity index (χ0v) is 13.9. The number of sulfonamides is 1. The van der Waals surface area contributed by atoms with E-state index in [1.165, 1.54) is 0 Å². The lowest BCUT2D eigenvalue weighted by molar-refractivity contribution is 0.455. The van der Waals surface area contributed by atoms with Gasteiger partial charge in [0, 0.05) is 11.6 Å². The van der Waals surface area contributed by atoms with Gasteiger partial charge in [-0.1, -0.05) is 44.7 Å². The molecule has 1 aromatic rings. The normalized spacial score (nSPS) is 13.4. The fraction of sp³-hybridized carbons (Fsp3) is 0.500. The molecule has 5 heteroatoms. The van der Waals surface area contributed by atoms with Crippen molar-refractivity contribution in [2.75, 3.05) is 12.3 Å². The molecule has 3 N–H and O–H groups in total. The summed E-state index contributed by atoms with van der Waals surface area (Å²) in [5.41, 5.74) is 6.79. The average molecular weight is 308 g/mol. The van der Waals surface area contributed by atoms with E-state index in [1.54, 1.807) is 0 Å². The molecule has 0 aliphatic rings. The topological polar surface area (TPSA) is 72.2 Å². The van der Waals surface area contributed by atoms with Crippen LogP contribution in [0.3, 0.4) is 0 Å². The van der Waals surface area contributed by atoms with Gasteiger partial charge < -0.3 is 5.73 Å². The number of nitrogens with two attached hydrogens (primary N) is 1. The maximum atomic E-state index is 12.1. The summed E-state index contributed by atoms with van der Waals surface area (Å²) in [4.78, 5) is 0. The van der Waals surface area contributed by atoms with Crippen LogP contribution in [-0.4, -0.2) is 20.7 Å². The fourth-order valence-corrected chi connectivity index (χ4v) is 3.89. The second-order valence-electron chi connectivity index (χ2n) is 6.29. The van der Waals surface area contributed by atoms with Crippen molar-refractivity contribution in [1.29, 1.82) is 0 Å². The SMILES string of the molecule is CC(NS(=O)(=O)CC(C)(C)C)c1cccc(C#CCN)c1. The number of hydrogen-bond donors (Lipinski definition) is 2. The highest BCUT2D eigenvalue weighted by Gasteiger charge is 2.23. The molecule has 0 fully saturated rings. The van der Waals surface area contributed by atoms with Gasteiger partial charge >= 0.3 is 0 Å². The van der Waals surface area contributed by atoms with Gasteiger partial charge in [0.15, 0.2) is 0 Å². The van der Waals surface area contributed by atoms with E-state index >= 15 is 0 Å². The molecule has 0 heterocycles. The minimum atomic E-state index is -3.32. The third-order valence-corrected chi connectivity index (χ3v) is 4.66. The lowest BCUT2D eigenvalue weighted by Gasteiger charge is -2.21. The van der Waals surface area contributed by atoms with Crippen molar-refractivity contribution >= 4 is 10.0 Å². The standard InChI is InChI=1S/C16H24N2O2S/c1-13(18-21(19,20)12-16(2,3)4)15-9-5-7-14(11-15)8-6-10-17/h5,7,9,11,13,18H,10,12,17H2,1-4H3. The van der Waals surface area contributed by atoms with Crippen LogP contribution < -0.4 is 10.5 Å². The van der Waals surface area contributed by atoms with E-state index in [9.17, 15) is 8.42 Å². The largest absolute Gasteiger partial charge is 0.320 e. The Labute approximate surface area is 128 Å². The summed E-state index contributed by atoms with van der Waals surface area (Å²) in [5.74, 6) is 5.83. The third-order valence-electron chi connectivity index (χ3n) is 2.70. The van der Waals surface area contributed by atoms with Crippen molar-refractivity contribution < 1.29 is 8.42 Å². The lowest BCUT2D eigenvalue weighted by atomic mass is 10.0.